The topological polar surface area (TPSA) is 151 Å². The van der Waals surface area contributed by atoms with Gasteiger partial charge < -0.3 is 26.7 Å². The Morgan fingerprint density at radius 2 is 1.67 bits per heavy atom. The quantitative estimate of drug-likeness (QED) is 0.177. The average molecular weight is 625 g/mol. The summed E-state index contributed by atoms with van der Waals surface area (Å²) in [5.41, 5.74) is 12.0. The number of aromatic amines is 1. The fourth-order valence-corrected chi connectivity index (χ4v) is 6.23. The van der Waals surface area contributed by atoms with Crippen LogP contribution in [-0.4, -0.2) is 45.9 Å². The van der Waals surface area contributed by atoms with E-state index in [1.807, 2.05) is 63.2 Å². The number of nitrogens with zero attached hydrogens (tertiary/aromatic N) is 1. The fraction of sp³-hybridized carbons (Fsp3) is 0.389. The van der Waals surface area contributed by atoms with Gasteiger partial charge in [-0.05, 0) is 112 Å². The van der Waals surface area contributed by atoms with Gasteiger partial charge >= 0.3 is 5.69 Å². The summed E-state index contributed by atoms with van der Waals surface area (Å²) in [6, 6.07) is 18.1. The van der Waals surface area contributed by atoms with Crippen LogP contribution in [0.25, 0.3) is 22.2 Å². The molecular weight excluding hydrogens is 580 g/mol. The second kappa shape index (κ2) is 14.2. The number of aryl methyl sites for hydroxylation is 2. The number of carbonyl (C=O) groups excluding carboxylic acids is 3. The number of amides is 3. The van der Waals surface area contributed by atoms with Crippen molar-refractivity contribution < 1.29 is 14.4 Å². The van der Waals surface area contributed by atoms with E-state index in [0.29, 0.717) is 35.7 Å². The molecule has 242 valence electrons. The maximum Gasteiger partial charge on any atom is 0.326 e. The Labute approximate surface area is 269 Å². The highest BCUT2D eigenvalue weighted by atomic mass is 16.2. The third-order valence-electron chi connectivity index (χ3n) is 8.97. The number of benzene rings is 3. The van der Waals surface area contributed by atoms with E-state index in [9.17, 15) is 19.2 Å². The van der Waals surface area contributed by atoms with Gasteiger partial charge in [0.1, 0.15) is 6.04 Å². The van der Waals surface area contributed by atoms with Gasteiger partial charge in [-0.2, -0.15) is 0 Å². The van der Waals surface area contributed by atoms with Crippen LogP contribution in [0.4, 0.5) is 5.69 Å². The molecule has 1 fully saturated rings. The highest BCUT2D eigenvalue weighted by Crippen LogP contribution is 2.29. The minimum atomic E-state index is -0.809. The predicted molar refractivity (Wildman–Crippen MR) is 182 cm³/mol. The second-order valence-corrected chi connectivity index (χ2v) is 12.8. The molecule has 3 aromatic carbocycles. The van der Waals surface area contributed by atoms with Crippen molar-refractivity contribution in [3.05, 3.63) is 87.8 Å². The number of hydrogen-bond donors (Lipinski definition) is 5. The monoisotopic (exact) mass is 624 g/mol. The number of H-pyrrole nitrogens is 1. The van der Waals surface area contributed by atoms with Crippen LogP contribution >= 0.6 is 0 Å². The molecule has 1 aliphatic carbocycles. The number of hydrogen-bond acceptors (Lipinski definition) is 5. The fourth-order valence-electron chi connectivity index (χ4n) is 6.23. The second-order valence-electron chi connectivity index (χ2n) is 12.8. The summed E-state index contributed by atoms with van der Waals surface area (Å²) in [5.74, 6) is -0.266. The molecule has 1 atom stereocenters. The summed E-state index contributed by atoms with van der Waals surface area (Å²) >= 11 is 0. The van der Waals surface area contributed by atoms with Gasteiger partial charge in [-0.1, -0.05) is 30.3 Å². The van der Waals surface area contributed by atoms with E-state index < -0.39 is 6.04 Å². The summed E-state index contributed by atoms with van der Waals surface area (Å²) in [4.78, 5) is 54.4. The molecular formula is C36H44N6O4. The largest absolute Gasteiger partial charge is 0.350 e. The van der Waals surface area contributed by atoms with Gasteiger partial charge in [0, 0.05) is 36.7 Å². The van der Waals surface area contributed by atoms with E-state index in [1.54, 1.807) is 25.2 Å². The minimum absolute atomic E-state index is 0.0556. The number of aromatic nitrogens is 2. The third kappa shape index (κ3) is 7.56. The maximum atomic E-state index is 13.7. The molecule has 0 saturated heterocycles. The first-order valence-electron chi connectivity index (χ1n) is 16.0. The lowest BCUT2D eigenvalue weighted by molar-refractivity contribution is -0.130. The van der Waals surface area contributed by atoms with Crippen LogP contribution < -0.4 is 27.4 Å². The summed E-state index contributed by atoms with van der Waals surface area (Å²) in [6.07, 6.45) is 3.63. The molecule has 4 aromatic rings. The lowest BCUT2D eigenvalue weighted by Crippen LogP contribution is -2.48. The summed E-state index contributed by atoms with van der Waals surface area (Å²) < 4.78 is 1.51. The molecule has 0 spiro atoms. The molecule has 5 rings (SSSR count). The van der Waals surface area contributed by atoms with Crippen LogP contribution in [-0.2, 0) is 23.1 Å². The highest BCUT2D eigenvalue weighted by molar-refractivity contribution is 5.99. The van der Waals surface area contributed by atoms with Crippen molar-refractivity contribution in [2.75, 3.05) is 11.9 Å². The Kier molecular flexibility index (Phi) is 10.1. The van der Waals surface area contributed by atoms with Crippen LogP contribution in [0.15, 0.2) is 65.5 Å². The molecule has 1 saturated carbocycles. The van der Waals surface area contributed by atoms with Gasteiger partial charge in [0.15, 0.2) is 0 Å². The van der Waals surface area contributed by atoms with Gasteiger partial charge in [-0.25, -0.2) is 4.79 Å². The normalized spacial score (nSPS) is 17.1. The number of carbonyl (C=O) groups is 3. The summed E-state index contributed by atoms with van der Waals surface area (Å²) in [6.45, 7) is 6.47. The van der Waals surface area contributed by atoms with E-state index in [1.165, 1.54) is 4.57 Å². The van der Waals surface area contributed by atoms with Crippen LogP contribution in [0.2, 0.25) is 0 Å². The number of nitrogens with two attached hydrogens (primary N) is 1. The first kappa shape index (κ1) is 32.7. The van der Waals surface area contributed by atoms with Gasteiger partial charge in [-0.15, -0.1) is 0 Å². The lowest BCUT2D eigenvalue weighted by atomic mass is 9.81. The van der Waals surface area contributed by atoms with E-state index in [2.05, 4.69) is 20.9 Å². The smallest absolute Gasteiger partial charge is 0.326 e. The van der Waals surface area contributed by atoms with E-state index in [-0.39, 0.29) is 35.4 Å². The molecule has 0 bridgehead atoms. The molecule has 1 heterocycles. The zero-order valence-electron chi connectivity index (χ0n) is 27.0. The van der Waals surface area contributed by atoms with Crippen LogP contribution in [0.5, 0.6) is 0 Å². The number of anilines is 1. The number of nitrogens with one attached hydrogen (secondary N) is 4. The van der Waals surface area contributed by atoms with E-state index >= 15 is 0 Å². The first-order valence-corrected chi connectivity index (χ1v) is 16.0. The van der Waals surface area contributed by atoms with E-state index in [4.69, 9.17) is 5.73 Å². The van der Waals surface area contributed by atoms with Crippen molar-refractivity contribution in [1.29, 1.82) is 0 Å². The SMILES string of the molecule is Cc1cc(C(=O)NC(C)C)ccc1-c1ccc(C[C@H](NC(=O)C2CCC(CN)CC2)C(=O)Nc2ccc3c(c2)[nH]c(=O)n3C)cc1. The average Bonchev–Trinajstić information content (AvgIpc) is 3.32. The number of rotatable bonds is 10. The van der Waals surface area contributed by atoms with E-state index in [0.717, 1.165) is 53.5 Å². The molecule has 1 aromatic heterocycles. The molecule has 1 aliphatic rings. The molecule has 0 aliphatic heterocycles. The number of fused-ring (bicyclic) bond motifs is 1. The number of imidazole rings is 1. The molecule has 46 heavy (non-hydrogen) atoms. The Bertz CT molecular complexity index is 1780. The highest BCUT2D eigenvalue weighted by Gasteiger charge is 2.29. The standard InChI is InChI=1S/C36H44N6O4/c1-21(2)38-34(44)27-13-15-29(22(3)17-27)25-9-5-23(6-10-25)18-31(40-33(43)26-11-7-24(20-37)8-12-26)35(45)39-28-14-16-32-30(19-28)41-36(46)42(32)4/h5-6,9-10,13-17,19,21,24,26,31H,7-8,11-12,18,20,37H2,1-4H3,(H,38,44)(H,39,45)(H,40,43)(H,41,46)/t24?,26?,31-/m0/s1. The van der Waals surface area contributed by atoms with Crippen LogP contribution in [0.1, 0.15) is 61.0 Å². The molecule has 10 heteroatoms. The molecule has 3 amide bonds. The van der Waals surface area contributed by atoms with Crippen molar-refractivity contribution in [3.8, 4) is 11.1 Å². The van der Waals surface area contributed by atoms with Crippen molar-refractivity contribution in [3.63, 3.8) is 0 Å². The van der Waals surface area contributed by atoms with Crippen molar-refractivity contribution in [2.24, 2.45) is 24.6 Å². The first-order chi connectivity index (χ1) is 22.0. The summed E-state index contributed by atoms with van der Waals surface area (Å²) in [5, 5.41) is 8.91. The van der Waals surface area contributed by atoms with Crippen molar-refractivity contribution in [2.45, 2.75) is 65.0 Å². The Hall–Kier alpha value is -4.70. The minimum Gasteiger partial charge on any atom is -0.350 e. The van der Waals surface area contributed by atoms with Gasteiger partial charge in [0.25, 0.3) is 5.91 Å². The van der Waals surface area contributed by atoms with Crippen LogP contribution in [0.3, 0.4) is 0 Å². The van der Waals surface area contributed by atoms with Gasteiger partial charge in [0.05, 0.1) is 11.0 Å². The lowest BCUT2D eigenvalue weighted by Gasteiger charge is -2.28. The van der Waals surface area contributed by atoms with Gasteiger partial charge in [0.2, 0.25) is 11.8 Å². The van der Waals surface area contributed by atoms with Crippen molar-refractivity contribution in [1.82, 2.24) is 20.2 Å². The Morgan fingerprint density at radius 1 is 0.957 bits per heavy atom. The maximum absolute atomic E-state index is 13.7. The molecule has 0 radical (unpaired) electrons. The molecule has 10 nitrogen and oxygen atoms in total. The predicted octanol–water partition coefficient (Wildman–Crippen LogP) is 4.41. The molecule has 0 unspecified atom stereocenters. The Morgan fingerprint density at radius 3 is 2.33 bits per heavy atom. The Balaban J connectivity index is 1.33. The zero-order valence-corrected chi connectivity index (χ0v) is 27.0. The third-order valence-corrected chi connectivity index (χ3v) is 8.97. The van der Waals surface area contributed by atoms with Crippen molar-refractivity contribution >= 4 is 34.4 Å². The zero-order chi connectivity index (χ0) is 33.0. The summed E-state index contributed by atoms with van der Waals surface area (Å²) in [7, 11) is 1.68. The molecule has 6 N–H and O–H groups in total. The van der Waals surface area contributed by atoms with Gasteiger partial charge in [-0.3, -0.25) is 19.0 Å². The van der Waals surface area contributed by atoms with Crippen LogP contribution in [0, 0.1) is 18.8 Å².